The van der Waals surface area contributed by atoms with Gasteiger partial charge in [0, 0.05) is 30.4 Å². The van der Waals surface area contributed by atoms with Crippen LogP contribution in [0, 0.1) is 0 Å². The van der Waals surface area contributed by atoms with Gasteiger partial charge >= 0.3 is 0 Å². The zero-order chi connectivity index (χ0) is 25.1. The van der Waals surface area contributed by atoms with Crippen molar-refractivity contribution in [3.8, 4) is 22.7 Å². The first-order valence-corrected chi connectivity index (χ1v) is 12.7. The second-order valence-corrected chi connectivity index (χ2v) is 9.82. The molecule has 0 spiro atoms. The van der Waals surface area contributed by atoms with Gasteiger partial charge in [0.1, 0.15) is 12.4 Å². The Balaban J connectivity index is 1.46. The second kappa shape index (κ2) is 10.6. The standard InChI is InChI=1S/C28H28N4O3S/c1-4-14-34-24-12-10-21(11-13-24)26-22(18-32(30-26)23-8-6-5-7-9-23)15-25-27(33)29-28(36-25)31-16-19(2)35-20(3)17-31/h4-13,15,18-20H,1,14,16-17H2,2-3H3/b25-15-. The molecule has 1 amide bonds. The molecule has 0 bridgehead atoms. The fourth-order valence-corrected chi connectivity index (χ4v) is 5.23. The number of hydrogen-bond acceptors (Lipinski definition) is 6. The average Bonchev–Trinajstić information content (AvgIpc) is 3.47. The summed E-state index contributed by atoms with van der Waals surface area (Å²) in [5, 5.41) is 5.60. The highest BCUT2D eigenvalue weighted by Crippen LogP contribution is 2.34. The van der Waals surface area contributed by atoms with E-state index >= 15 is 0 Å². The van der Waals surface area contributed by atoms with Crippen LogP contribution in [0.15, 0.2) is 83.3 Å². The summed E-state index contributed by atoms with van der Waals surface area (Å²) in [6, 6.07) is 17.7. The molecule has 1 fully saturated rings. The third-order valence-corrected chi connectivity index (χ3v) is 6.89. The van der Waals surface area contributed by atoms with Crippen LogP contribution in [-0.4, -0.2) is 57.7 Å². The number of para-hydroxylation sites is 1. The molecule has 0 aliphatic carbocycles. The first-order valence-electron chi connectivity index (χ1n) is 11.9. The van der Waals surface area contributed by atoms with Crippen LogP contribution in [0.3, 0.4) is 0 Å². The first-order chi connectivity index (χ1) is 17.5. The van der Waals surface area contributed by atoms with Crippen molar-refractivity contribution in [3.63, 3.8) is 0 Å². The summed E-state index contributed by atoms with van der Waals surface area (Å²) < 4.78 is 13.3. The van der Waals surface area contributed by atoms with Crippen LogP contribution in [0.2, 0.25) is 0 Å². The van der Waals surface area contributed by atoms with Gasteiger partial charge in [0.15, 0.2) is 5.17 Å². The molecule has 184 valence electrons. The van der Waals surface area contributed by atoms with E-state index in [0.29, 0.717) is 24.6 Å². The van der Waals surface area contributed by atoms with E-state index in [1.54, 1.807) is 6.08 Å². The van der Waals surface area contributed by atoms with Gasteiger partial charge in [-0.05, 0) is 68.1 Å². The molecule has 2 unspecified atom stereocenters. The molecule has 36 heavy (non-hydrogen) atoms. The van der Waals surface area contributed by atoms with E-state index < -0.39 is 0 Å². The Morgan fingerprint density at radius 1 is 1.11 bits per heavy atom. The van der Waals surface area contributed by atoms with Crippen molar-refractivity contribution < 1.29 is 14.3 Å². The number of hydrogen-bond donors (Lipinski definition) is 0. The number of morpholine rings is 1. The maximum atomic E-state index is 12.9. The van der Waals surface area contributed by atoms with Gasteiger partial charge in [-0.2, -0.15) is 10.1 Å². The predicted molar refractivity (Wildman–Crippen MR) is 144 cm³/mol. The molecular weight excluding hydrogens is 472 g/mol. The Bertz CT molecular complexity index is 1300. The first kappa shape index (κ1) is 24.1. The number of benzene rings is 2. The summed E-state index contributed by atoms with van der Waals surface area (Å²) in [6.07, 6.45) is 5.74. The van der Waals surface area contributed by atoms with Gasteiger partial charge in [-0.3, -0.25) is 4.79 Å². The van der Waals surface area contributed by atoms with Gasteiger partial charge in [-0.25, -0.2) is 4.68 Å². The zero-order valence-corrected chi connectivity index (χ0v) is 21.1. The van der Waals surface area contributed by atoms with Crippen LogP contribution in [0.25, 0.3) is 23.0 Å². The van der Waals surface area contributed by atoms with Crippen molar-refractivity contribution in [2.24, 2.45) is 4.99 Å². The van der Waals surface area contributed by atoms with Gasteiger partial charge in [-0.1, -0.05) is 30.9 Å². The Hall–Kier alpha value is -3.62. The molecular formula is C28H28N4O3S. The highest BCUT2D eigenvalue weighted by atomic mass is 32.2. The molecule has 1 aromatic heterocycles. The summed E-state index contributed by atoms with van der Waals surface area (Å²) in [6.45, 7) is 9.65. The van der Waals surface area contributed by atoms with E-state index in [1.807, 2.05) is 85.4 Å². The maximum Gasteiger partial charge on any atom is 0.286 e. The van der Waals surface area contributed by atoms with E-state index in [9.17, 15) is 4.79 Å². The predicted octanol–water partition coefficient (Wildman–Crippen LogP) is 5.18. The van der Waals surface area contributed by atoms with Gasteiger partial charge in [0.05, 0.1) is 28.5 Å². The van der Waals surface area contributed by atoms with Crippen molar-refractivity contribution in [2.45, 2.75) is 26.1 Å². The number of rotatable bonds is 6. The Labute approximate surface area is 215 Å². The van der Waals surface area contributed by atoms with Crippen LogP contribution in [0.1, 0.15) is 19.4 Å². The fourth-order valence-electron chi connectivity index (χ4n) is 4.30. The third kappa shape index (κ3) is 5.29. The van der Waals surface area contributed by atoms with Crippen molar-refractivity contribution in [1.82, 2.24) is 14.7 Å². The molecule has 2 aliphatic heterocycles. The Morgan fingerprint density at radius 2 is 1.83 bits per heavy atom. The molecule has 0 N–H and O–H groups in total. The van der Waals surface area contributed by atoms with Gasteiger partial charge in [0.25, 0.3) is 5.91 Å². The smallest absolute Gasteiger partial charge is 0.286 e. The topological polar surface area (TPSA) is 68.9 Å². The summed E-state index contributed by atoms with van der Waals surface area (Å²) in [5.74, 6) is 0.531. The van der Waals surface area contributed by atoms with Crippen LogP contribution >= 0.6 is 11.8 Å². The van der Waals surface area contributed by atoms with Gasteiger partial charge in [-0.15, -0.1) is 0 Å². The van der Waals surface area contributed by atoms with Crippen molar-refractivity contribution >= 4 is 28.9 Å². The summed E-state index contributed by atoms with van der Waals surface area (Å²) in [7, 11) is 0. The summed E-state index contributed by atoms with van der Waals surface area (Å²) >= 11 is 1.41. The van der Waals surface area contributed by atoms with E-state index in [2.05, 4.69) is 16.5 Å². The van der Waals surface area contributed by atoms with E-state index in [0.717, 1.165) is 33.4 Å². The second-order valence-electron chi connectivity index (χ2n) is 8.81. The lowest BCUT2D eigenvalue weighted by Crippen LogP contribution is -2.47. The monoisotopic (exact) mass is 500 g/mol. The van der Waals surface area contributed by atoms with Crippen molar-refractivity contribution in [1.29, 1.82) is 0 Å². The number of aromatic nitrogens is 2. The lowest BCUT2D eigenvalue weighted by molar-refractivity contribution is -0.113. The van der Waals surface area contributed by atoms with Crippen molar-refractivity contribution in [3.05, 3.63) is 83.9 Å². The minimum atomic E-state index is -0.228. The number of thioether (sulfide) groups is 1. The lowest BCUT2D eigenvalue weighted by Gasteiger charge is -2.35. The van der Waals surface area contributed by atoms with Crippen LogP contribution in [0.5, 0.6) is 5.75 Å². The molecule has 0 saturated carbocycles. The van der Waals surface area contributed by atoms with E-state index in [1.165, 1.54) is 11.8 Å². The third-order valence-electron chi connectivity index (χ3n) is 5.84. The number of amides is 1. The number of amidine groups is 1. The minimum Gasteiger partial charge on any atom is -0.490 e. The molecule has 2 aliphatic rings. The lowest BCUT2D eigenvalue weighted by atomic mass is 10.1. The van der Waals surface area contributed by atoms with Gasteiger partial charge < -0.3 is 14.4 Å². The maximum absolute atomic E-state index is 12.9. The molecule has 8 heteroatoms. The molecule has 7 nitrogen and oxygen atoms in total. The molecule has 5 rings (SSSR count). The Kier molecular flexibility index (Phi) is 7.06. The number of aliphatic imine (C=N–C) groups is 1. The highest BCUT2D eigenvalue weighted by molar-refractivity contribution is 8.18. The largest absolute Gasteiger partial charge is 0.490 e. The van der Waals surface area contributed by atoms with Crippen molar-refractivity contribution in [2.75, 3.05) is 19.7 Å². The number of carbonyl (C=O) groups is 1. The zero-order valence-electron chi connectivity index (χ0n) is 20.3. The number of carbonyl (C=O) groups excluding carboxylic acids is 1. The summed E-state index contributed by atoms with van der Waals surface area (Å²) in [5.41, 5.74) is 3.48. The molecule has 3 aromatic rings. The van der Waals surface area contributed by atoms with Crippen LogP contribution < -0.4 is 4.74 Å². The fraction of sp³-hybridized carbons (Fsp3) is 0.250. The average molecular weight is 501 g/mol. The van der Waals surface area contributed by atoms with Crippen LogP contribution in [0.4, 0.5) is 0 Å². The molecule has 3 heterocycles. The quantitative estimate of drug-likeness (QED) is 0.343. The molecule has 0 radical (unpaired) electrons. The molecule has 1 saturated heterocycles. The van der Waals surface area contributed by atoms with Gasteiger partial charge in [0.2, 0.25) is 0 Å². The number of ether oxygens (including phenoxy) is 2. The Morgan fingerprint density at radius 3 is 2.53 bits per heavy atom. The normalized spacial score (nSPS) is 21.1. The highest BCUT2D eigenvalue weighted by Gasteiger charge is 2.31. The SMILES string of the molecule is C=CCOc1ccc(-c2nn(-c3ccccc3)cc2/C=C2\SC(N3CC(C)OC(C)C3)=NC2=O)cc1. The minimum absolute atomic E-state index is 0.0920. The van der Waals surface area contributed by atoms with E-state index in [-0.39, 0.29) is 18.1 Å². The summed E-state index contributed by atoms with van der Waals surface area (Å²) in [4.78, 5) is 20.0. The molecule has 2 atom stereocenters. The molecule has 2 aromatic carbocycles. The van der Waals surface area contributed by atoms with Crippen LogP contribution in [-0.2, 0) is 9.53 Å². The number of nitrogens with zero attached hydrogens (tertiary/aromatic N) is 4. The van der Waals surface area contributed by atoms with E-state index in [4.69, 9.17) is 14.6 Å².